The largest absolute Gasteiger partial charge is 0.493 e. The molecule has 1 aliphatic heterocycles. The number of β-amino-alcohol motifs (C(OH)–C–C–N with tert-alkyl or cyclic N) is 1. The molecular formula is C23H27N3O3. The van der Waals surface area contributed by atoms with Crippen molar-refractivity contribution in [2.75, 3.05) is 27.3 Å². The maximum atomic E-state index is 10.6. The number of ether oxygens (including phenoxy) is 2. The molecule has 152 valence electrons. The Hall–Kier alpha value is -2.83. The van der Waals surface area contributed by atoms with E-state index < -0.39 is 6.10 Å². The fourth-order valence-electron chi connectivity index (χ4n) is 4.00. The number of rotatable bonds is 6. The molecule has 1 N–H and O–H groups in total. The Morgan fingerprint density at radius 3 is 2.55 bits per heavy atom. The zero-order valence-electron chi connectivity index (χ0n) is 17.1. The highest BCUT2D eigenvalue weighted by Gasteiger charge is 2.25. The molecule has 0 saturated heterocycles. The molecule has 2 aromatic carbocycles. The van der Waals surface area contributed by atoms with Crippen molar-refractivity contribution >= 4 is 0 Å². The molecule has 1 atom stereocenters. The number of aliphatic hydroxyl groups is 1. The summed E-state index contributed by atoms with van der Waals surface area (Å²) >= 11 is 0. The van der Waals surface area contributed by atoms with Gasteiger partial charge in [0.05, 0.1) is 26.0 Å². The second-order valence-corrected chi connectivity index (χ2v) is 7.37. The minimum absolute atomic E-state index is 0.494. The zero-order chi connectivity index (χ0) is 20.4. The maximum Gasteiger partial charge on any atom is 0.161 e. The van der Waals surface area contributed by atoms with Crippen molar-refractivity contribution in [3.63, 3.8) is 0 Å². The summed E-state index contributed by atoms with van der Waals surface area (Å²) in [4.78, 5) is 7.19. The summed E-state index contributed by atoms with van der Waals surface area (Å²) in [6.45, 7) is 2.24. The number of imidazole rings is 1. The van der Waals surface area contributed by atoms with Gasteiger partial charge in [0.15, 0.2) is 11.5 Å². The molecule has 4 rings (SSSR count). The Bertz CT molecular complexity index is 985. The van der Waals surface area contributed by atoms with E-state index in [1.165, 1.54) is 5.69 Å². The molecule has 0 radical (unpaired) electrons. The summed E-state index contributed by atoms with van der Waals surface area (Å²) < 4.78 is 13.0. The van der Waals surface area contributed by atoms with Gasteiger partial charge in [0.25, 0.3) is 0 Å². The summed E-state index contributed by atoms with van der Waals surface area (Å²) in [5.41, 5.74) is 4.27. The topological polar surface area (TPSA) is 59.8 Å². The molecule has 1 aromatic heterocycles. The van der Waals surface area contributed by atoms with E-state index in [9.17, 15) is 5.11 Å². The minimum atomic E-state index is -0.494. The average molecular weight is 393 g/mol. The van der Waals surface area contributed by atoms with Crippen LogP contribution < -0.4 is 9.47 Å². The van der Waals surface area contributed by atoms with Gasteiger partial charge in [-0.05, 0) is 23.8 Å². The lowest BCUT2D eigenvalue weighted by molar-refractivity contribution is 0.105. The first-order chi connectivity index (χ1) is 14.1. The predicted molar refractivity (Wildman–Crippen MR) is 112 cm³/mol. The normalized spacial score (nSPS) is 15.0. The van der Waals surface area contributed by atoms with Gasteiger partial charge in [-0.3, -0.25) is 4.90 Å². The van der Waals surface area contributed by atoms with Crippen LogP contribution in [0.2, 0.25) is 0 Å². The van der Waals surface area contributed by atoms with E-state index in [1.54, 1.807) is 14.2 Å². The Morgan fingerprint density at radius 1 is 1.07 bits per heavy atom. The van der Waals surface area contributed by atoms with Crippen molar-refractivity contribution in [2.45, 2.75) is 19.1 Å². The third-order valence-electron chi connectivity index (χ3n) is 5.59. The van der Waals surface area contributed by atoms with E-state index in [0.717, 1.165) is 42.2 Å². The summed E-state index contributed by atoms with van der Waals surface area (Å²) in [5.74, 6) is 2.32. The third kappa shape index (κ3) is 3.86. The lowest BCUT2D eigenvalue weighted by Crippen LogP contribution is -2.34. The standard InChI is InChI=1S/C23H27N3O3/c1-25-19-11-12-26(15-20(27)16-7-5-4-6-8-16)14-18(19)24-23(25)17-9-10-21(28-2)22(13-17)29-3/h4-10,13,20,27H,11-12,14-15H2,1-3H3. The second-order valence-electron chi connectivity index (χ2n) is 7.37. The van der Waals surface area contributed by atoms with Crippen molar-refractivity contribution in [3.8, 4) is 22.9 Å². The smallest absolute Gasteiger partial charge is 0.161 e. The summed E-state index contributed by atoms with van der Waals surface area (Å²) in [5, 5.41) is 10.6. The summed E-state index contributed by atoms with van der Waals surface area (Å²) in [6, 6.07) is 15.7. The van der Waals surface area contributed by atoms with Crippen LogP contribution in [0, 0.1) is 0 Å². The summed E-state index contributed by atoms with van der Waals surface area (Å²) in [6.07, 6.45) is 0.417. The van der Waals surface area contributed by atoms with Gasteiger partial charge in [-0.15, -0.1) is 0 Å². The highest BCUT2D eigenvalue weighted by Crippen LogP contribution is 2.33. The van der Waals surface area contributed by atoms with Crippen molar-refractivity contribution in [2.24, 2.45) is 7.05 Å². The van der Waals surface area contributed by atoms with Gasteiger partial charge in [-0.25, -0.2) is 4.98 Å². The Labute approximate surface area is 171 Å². The van der Waals surface area contributed by atoms with Crippen LogP contribution in [0.5, 0.6) is 11.5 Å². The van der Waals surface area contributed by atoms with Crippen LogP contribution in [0.1, 0.15) is 23.1 Å². The van der Waals surface area contributed by atoms with Crippen molar-refractivity contribution < 1.29 is 14.6 Å². The molecule has 1 unspecified atom stereocenters. The van der Waals surface area contributed by atoms with Gasteiger partial charge in [0.1, 0.15) is 5.82 Å². The predicted octanol–water partition coefficient (Wildman–Crippen LogP) is 3.20. The van der Waals surface area contributed by atoms with Crippen LogP contribution in [-0.4, -0.2) is 46.9 Å². The Morgan fingerprint density at radius 2 is 1.83 bits per heavy atom. The number of aliphatic hydroxyl groups excluding tert-OH is 1. The van der Waals surface area contributed by atoms with E-state index >= 15 is 0 Å². The number of hydrogen-bond acceptors (Lipinski definition) is 5. The molecule has 3 aromatic rings. The fraction of sp³-hybridized carbons (Fsp3) is 0.348. The van der Waals surface area contributed by atoms with Crippen molar-refractivity contribution in [1.82, 2.24) is 14.5 Å². The maximum absolute atomic E-state index is 10.6. The second kappa shape index (κ2) is 8.27. The van der Waals surface area contributed by atoms with Gasteiger partial charge >= 0.3 is 0 Å². The van der Waals surface area contributed by atoms with E-state index in [4.69, 9.17) is 14.5 Å². The molecular weight excluding hydrogens is 366 g/mol. The van der Waals surface area contributed by atoms with Crippen LogP contribution in [-0.2, 0) is 20.0 Å². The van der Waals surface area contributed by atoms with E-state index in [-0.39, 0.29) is 0 Å². The minimum Gasteiger partial charge on any atom is -0.493 e. The highest BCUT2D eigenvalue weighted by molar-refractivity contribution is 5.62. The lowest BCUT2D eigenvalue weighted by Gasteiger charge is -2.28. The van der Waals surface area contributed by atoms with E-state index in [2.05, 4.69) is 16.5 Å². The van der Waals surface area contributed by atoms with Gasteiger partial charge in [-0.2, -0.15) is 0 Å². The first-order valence-corrected chi connectivity index (χ1v) is 9.83. The molecule has 2 heterocycles. The summed E-state index contributed by atoms with van der Waals surface area (Å²) in [7, 11) is 5.34. The highest BCUT2D eigenvalue weighted by atomic mass is 16.5. The SMILES string of the molecule is COc1ccc(-c2nc3c(n2C)CCN(CC(O)c2ccccc2)C3)cc1OC. The molecule has 6 nitrogen and oxygen atoms in total. The van der Waals surface area contributed by atoms with E-state index in [0.29, 0.717) is 18.0 Å². The van der Waals surface area contributed by atoms with Crippen LogP contribution in [0.15, 0.2) is 48.5 Å². The Balaban J connectivity index is 1.55. The number of hydrogen-bond donors (Lipinski definition) is 1. The molecule has 0 saturated carbocycles. The quantitative estimate of drug-likeness (QED) is 0.697. The molecule has 0 bridgehead atoms. The van der Waals surface area contributed by atoms with Gasteiger partial charge < -0.3 is 19.1 Å². The monoisotopic (exact) mass is 393 g/mol. The number of nitrogens with zero attached hydrogens (tertiary/aromatic N) is 3. The van der Waals surface area contributed by atoms with Crippen LogP contribution >= 0.6 is 0 Å². The van der Waals surface area contributed by atoms with Crippen molar-refractivity contribution in [1.29, 1.82) is 0 Å². The van der Waals surface area contributed by atoms with Crippen LogP contribution in [0.3, 0.4) is 0 Å². The molecule has 0 aliphatic carbocycles. The number of aromatic nitrogens is 2. The molecule has 29 heavy (non-hydrogen) atoms. The first-order valence-electron chi connectivity index (χ1n) is 9.83. The molecule has 6 heteroatoms. The molecule has 1 aliphatic rings. The van der Waals surface area contributed by atoms with Gasteiger partial charge in [0.2, 0.25) is 0 Å². The number of methoxy groups -OCH3 is 2. The first kappa shape index (κ1) is 19.5. The number of fused-ring (bicyclic) bond motifs is 1. The molecule has 0 amide bonds. The third-order valence-corrected chi connectivity index (χ3v) is 5.59. The Kier molecular flexibility index (Phi) is 5.56. The van der Waals surface area contributed by atoms with E-state index in [1.807, 2.05) is 48.5 Å². The molecule has 0 fully saturated rings. The fourth-order valence-corrected chi connectivity index (χ4v) is 4.00. The molecule has 0 spiro atoms. The average Bonchev–Trinajstić information content (AvgIpc) is 3.09. The lowest BCUT2D eigenvalue weighted by atomic mass is 10.1. The van der Waals surface area contributed by atoms with Gasteiger partial charge in [-0.1, -0.05) is 30.3 Å². The van der Waals surface area contributed by atoms with Crippen LogP contribution in [0.4, 0.5) is 0 Å². The van der Waals surface area contributed by atoms with Crippen molar-refractivity contribution in [3.05, 3.63) is 65.5 Å². The zero-order valence-corrected chi connectivity index (χ0v) is 17.1. The van der Waals surface area contributed by atoms with Gasteiger partial charge in [0, 0.05) is 44.4 Å². The number of benzene rings is 2. The van der Waals surface area contributed by atoms with Crippen LogP contribution in [0.25, 0.3) is 11.4 Å².